The van der Waals surface area contributed by atoms with Gasteiger partial charge in [-0.3, -0.25) is 14.6 Å². The number of hydrogen-bond donors (Lipinski definition) is 1. The van der Waals surface area contributed by atoms with Crippen LogP contribution in [0, 0.1) is 6.92 Å². The number of benzene rings is 2. The van der Waals surface area contributed by atoms with Gasteiger partial charge in [-0.25, -0.2) is 0 Å². The maximum Gasteiger partial charge on any atom is 0.182 e. The molecule has 2 aromatic carbocycles. The lowest BCUT2D eigenvalue weighted by atomic mass is 10.0. The summed E-state index contributed by atoms with van der Waals surface area (Å²) in [6.07, 6.45) is 0. The first-order valence-corrected chi connectivity index (χ1v) is 10.9. The fraction of sp³-hybridized carbons (Fsp3) is 0.375. The zero-order valence-electron chi connectivity index (χ0n) is 17.5. The van der Waals surface area contributed by atoms with E-state index in [1.165, 1.54) is 0 Å². The van der Waals surface area contributed by atoms with E-state index in [9.17, 15) is 4.79 Å². The molecule has 0 unspecified atom stereocenters. The third kappa shape index (κ3) is 4.53. The number of halogens is 1. The lowest BCUT2D eigenvalue weighted by molar-refractivity contribution is 0.0674. The number of fused-ring (bicyclic) bond motifs is 1. The van der Waals surface area contributed by atoms with Gasteiger partial charge in [0.05, 0.1) is 6.04 Å². The maximum atomic E-state index is 13.3. The van der Waals surface area contributed by atoms with Crippen LogP contribution in [0.25, 0.3) is 10.9 Å². The van der Waals surface area contributed by atoms with Crippen molar-refractivity contribution in [3.63, 3.8) is 0 Å². The molecule has 0 saturated carbocycles. The van der Waals surface area contributed by atoms with Crippen LogP contribution in [-0.2, 0) is 0 Å². The Balaban J connectivity index is 1.29. The van der Waals surface area contributed by atoms with Crippen molar-refractivity contribution < 1.29 is 9.53 Å². The number of ether oxygens (including phenoxy) is 1. The van der Waals surface area contributed by atoms with Gasteiger partial charge in [0, 0.05) is 59.9 Å². The SMILES string of the molecule is Cc1[nH]c2ccccc2c1C(=O)[C@@H](C)N1CCN(CCOc2ccc(Cl)cc2)CC1. The van der Waals surface area contributed by atoms with E-state index in [0.717, 1.165) is 60.6 Å². The quantitative estimate of drug-likeness (QED) is 0.570. The minimum Gasteiger partial charge on any atom is -0.492 e. The van der Waals surface area contributed by atoms with Gasteiger partial charge in [-0.05, 0) is 44.2 Å². The van der Waals surface area contributed by atoms with E-state index in [1.54, 1.807) is 0 Å². The predicted molar refractivity (Wildman–Crippen MR) is 122 cm³/mol. The summed E-state index contributed by atoms with van der Waals surface area (Å²) >= 11 is 5.90. The van der Waals surface area contributed by atoms with Crippen LogP contribution in [-0.4, -0.2) is 65.9 Å². The molecular formula is C24H28ClN3O2. The number of Topliss-reactive ketones (excluding diaryl/α,β-unsaturated/α-hetero) is 1. The smallest absolute Gasteiger partial charge is 0.182 e. The molecule has 1 saturated heterocycles. The Bertz CT molecular complexity index is 1010. The largest absolute Gasteiger partial charge is 0.492 e. The molecule has 1 aliphatic heterocycles. The van der Waals surface area contributed by atoms with Gasteiger partial charge in [-0.2, -0.15) is 0 Å². The Morgan fingerprint density at radius 3 is 2.53 bits per heavy atom. The molecule has 1 atom stereocenters. The van der Waals surface area contributed by atoms with E-state index in [4.69, 9.17) is 16.3 Å². The molecule has 158 valence electrons. The summed E-state index contributed by atoms with van der Waals surface area (Å²) in [4.78, 5) is 21.3. The van der Waals surface area contributed by atoms with Gasteiger partial charge >= 0.3 is 0 Å². The van der Waals surface area contributed by atoms with Crippen molar-refractivity contribution in [1.29, 1.82) is 0 Å². The van der Waals surface area contributed by atoms with Crippen LogP contribution in [0.4, 0.5) is 0 Å². The summed E-state index contributed by atoms with van der Waals surface area (Å²) in [7, 11) is 0. The summed E-state index contributed by atoms with van der Waals surface area (Å²) in [5.41, 5.74) is 2.80. The highest BCUT2D eigenvalue weighted by atomic mass is 35.5. The predicted octanol–water partition coefficient (Wildman–Crippen LogP) is 4.40. The van der Waals surface area contributed by atoms with Gasteiger partial charge in [-0.1, -0.05) is 29.8 Å². The number of H-pyrrole nitrogens is 1. The molecule has 1 aliphatic rings. The topological polar surface area (TPSA) is 48.6 Å². The van der Waals surface area contributed by atoms with E-state index >= 15 is 0 Å². The minimum absolute atomic E-state index is 0.129. The van der Waals surface area contributed by atoms with Crippen molar-refractivity contribution in [3.05, 3.63) is 64.8 Å². The summed E-state index contributed by atoms with van der Waals surface area (Å²) in [6.45, 7) is 9.18. The molecule has 4 rings (SSSR count). The Hall–Kier alpha value is -2.34. The van der Waals surface area contributed by atoms with Crippen molar-refractivity contribution in [3.8, 4) is 5.75 Å². The molecule has 0 radical (unpaired) electrons. The number of para-hydroxylation sites is 1. The molecule has 2 heterocycles. The normalized spacial score (nSPS) is 16.6. The Morgan fingerprint density at radius 2 is 1.80 bits per heavy atom. The second-order valence-corrected chi connectivity index (χ2v) is 8.33. The van der Waals surface area contributed by atoms with E-state index < -0.39 is 0 Å². The Kier molecular flexibility index (Phi) is 6.42. The molecule has 0 spiro atoms. The number of carbonyl (C=O) groups excluding carboxylic acids is 1. The highest BCUT2D eigenvalue weighted by Gasteiger charge is 2.28. The van der Waals surface area contributed by atoms with Crippen LogP contribution >= 0.6 is 11.6 Å². The summed E-state index contributed by atoms with van der Waals surface area (Å²) in [6, 6.07) is 15.4. The molecule has 0 amide bonds. The molecule has 5 nitrogen and oxygen atoms in total. The first-order valence-electron chi connectivity index (χ1n) is 10.5. The third-order valence-corrected chi connectivity index (χ3v) is 6.22. The van der Waals surface area contributed by atoms with Gasteiger partial charge in [0.15, 0.2) is 5.78 Å². The van der Waals surface area contributed by atoms with Crippen LogP contribution in [0.1, 0.15) is 23.0 Å². The number of hydrogen-bond acceptors (Lipinski definition) is 4. The number of piperazine rings is 1. The van der Waals surface area contributed by atoms with Crippen molar-refractivity contribution in [2.75, 3.05) is 39.3 Å². The average Bonchev–Trinajstić information content (AvgIpc) is 3.10. The first-order chi connectivity index (χ1) is 14.5. The second kappa shape index (κ2) is 9.21. The number of nitrogens with zero attached hydrogens (tertiary/aromatic N) is 2. The highest BCUT2D eigenvalue weighted by Crippen LogP contribution is 2.24. The molecule has 1 fully saturated rings. The number of ketones is 1. The van der Waals surface area contributed by atoms with Crippen molar-refractivity contribution in [2.45, 2.75) is 19.9 Å². The molecule has 30 heavy (non-hydrogen) atoms. The van der Waals surface area contributed by atoms with Gasteiger partial charge in [0.25, 0.3) is 0 Å². The first kappa shape index (κ1) is 20.9. The highest BCUT2D eigenvalue weighted by molar-refractivity contribution is 6.30. The van der Waals surface area contributed by atoms with Crippen LogP contribution < -0.4 is 4.74 Å². The monoisotopic (exact) mass is 425 g/mol. The Labute approximate surface area is 182 Å². The molecular weight excluding hydrogens is 398 g/mol. The zero-order chi connectivity index (χ0) is 21.1. The number of aromatic nitrogens is 1. The van der Waals surface area contributed by atoms with Gasteiger partial charge in [0.2, 0.25) is 0 Å². The van der Waals surface area contributed by atoms with Crippen LogP contribution in [0.5, 0.6) is 5.75 Å². The van der Waals surface area contributed by atoms with E-state index in [2.05, 4.69) is 14.8 Å². The molecule has 0 aliphatic carbocycles. The number of aromatic amines is 1. The van der Waals surface area contributed by atoms with Crippen LogP contribution in [0.2, 0.25) is 5.02 Å². The van der Waals surface area contributed by atoms with Crippen LogP contribution in [0.3, 0.4) is 0 Å². The number of carbonyl (C=O) groups is 1. The van der Waals surface area contributed by atoms with Gasteiger partial charge in [0.1, 0.15) is 12.4 Å². The number of aryl methyl sites for hydroxylation is 1. The van der Waals surface area contributed by atoms with Gasteiger partial charge in [-0.15, -0.1) is 0 Å². The minimum atomic E-state index is -0.129. The van der Waals surface area contributed by atoms with E-state index in [-0.39, 0.29) is 11.8 Å². The van der Waals surface area contributed by atoms with Gasteiger partial charge < -0.3 is 9.72 Å². The molecule has 0 bridgehead atoms. The van der Waals surface area contributed by atoms with Crippen molar-refractivity contribution >= 4 is 28.3 Å². The summed E-state index contributed by atoms with van der Waals surface area (Å²) in [5, 5.41) is 1.73. The summed E-state index contributed by atoms with van der Waals surface area (Å²) in [5.74, 6) is 1.04. The number of nitrogens with one attached hydrogen (secondary N) is 1. The van der Waals surface area contributed by atoms with Crippen LogP contribution in [0.15, 0.2) is 48.5 Å². The number of rotatable bonds is 7. The fourth-order valence-electron chi connectivity index (χ4n) is 4.17. The lowest BCUT2D eigenvalue weighted by Gasteiger charge is -2.37. The van der Waals surface area contributed by atoms with Crippen molar-refractivity contribution in [2.24, 2.45) is 0 Å². The molecule has 3 aromatic rings. The maximum absolute atomic E-state index is 13.3. The summed E-state index contributed by atoms with van der Waals surface area (Å²) < 4.78 is 5.81. The molecule has 1 aromatic heterocycles. The standard InChI is InChI=1S/C24H28ClN3O2/c1-17-23(21-5-3-4-6-22(21)26-17)24(29)18(2)28-13-11-27(12-14-28)15-16-30-20-9-7-19(25)8-10-20/h3-10,18,26H,11-16H2,1-2H3/t18-/m1/s1. The third-order valence-electron chi connectivity index (χ3n) is 5.96. The fourth-order valence-corrected chi connectivity index (χ4v) is 4.29. The second-order valence-electron chi connectivity index (χ2n) is 7.89. The lowest BCUT2D eigenvalue weighted by Crippen LogP contribution is -2.52. The Morgan fingerprint density at radius 1 is 1.10 bits per heavy atom. The van der Waals surface area contributed by atoms with E-state index in [0.29, 0.717) is 11.6 Å². The van der Waals surface area contributed by atoms with Crippen molar-refractivity contribution in [1.82, 2.24) is 14.8 Å². The van der Waals surface area contributed by atoms with E-state index in [1.807, 2.05) is 62.4 Å². The molecule has 1 N–H and O–H groups in total. The molecule has 6 heteroatoms. The zero-order valence-corrected chi connectivity index (χ0v) is 18.3. The average molecular weight is 426 g/mol.